The van der Waals surface area contributed by atoms with Crippen LogP contribution in [-0.2, 0) is 0 Å². The van der Waals surface area contributed by atoms with Crippen LogP contribution in [0.5, 0.6) is 0 Å². The highest BCUT2D eigenvalue weighted by molar-refractivity contribution is 5.24. The third kappa shape index (κ3) is 1.71. The Balaban J connectivity index is 3.39. The van der Waals surface area contributed by atoms with Crippen LogP contribution in [0, 0.1) is 23.3 Å². The van der Waals surface area contributed by atoms with Crippen molar-refractivity contribution in [1.82, 2.24) is 0 Å². The summed E-state index contributed by atoms with van der Waals surface area (Å²) in [6.07, 6.45) is -1.99. The van der Waals surface area contributed by atoms with E-state index in [9.17, 15) is 17.6 Å². The summed E-state index contributed by atoms with van der Waals surface area (Å²) in [4.78, 5) is 0. The second-order valence-electron chi connectivity index (χ2n) is 2.58. The molecule has 1 aromatic carbocycles. The van der Waals surface area contributed by atoms with E-state index < -0.39 is 41.5 Å². The Kier molecular flexibility index (Phi) is 3.07. The van der Waals surface area contributed by atoms with Crippen LogP contribution >= 0.6 is 0 Å². The van der Waals surface area contributed by atoms with Crippen molar-refractivity contribution < 1.29 is 27.8 Å². The molecule has 78 valence electrons. The highest BCUT2D eigenvalue weighted by Gasteiger charge is 2.24. The van der Waals surface area contributed by atoms with E-state index >= 15 is 0 Å². The zero-order valence-electron chi connectivity index (χ0n) is 6.77. The molecule has 0 radical (unpaired) electrons. The number of hydrogen-bond acceptors (Lipinski definition) is 2. The first-order chi connectivity index (χ1) is 6.49. The van der Waals surface area contributed by atoms with E-state index in [0.717, 1.165) is 0 Å². The number of hydrogen-bond donors (Lipinski definition) is 2. The molecule has 0 aromatic heterocycles. The minimum Gasteiger partial charge on any atom is -0.393 e. The van der Waals surface area contributed by atoms with Gasteiger partial charge < -0.3 is 10.2 Å². The van der Waals surface area contributed by atoms with Crippen molar-refractivity contribution in [2.75, 3.05) is 6.61 Å². The number of benzene rings is 1. The largest absolute Gasteiger partial charge is 0.393 e. The molecule has 0 amide bonds. The Hall–Kier alpha value is -1.14. The smallest absolute Gasteiger partial charge is 0.167 e. The van der Waals surface area contributed by atoms with E-state index in [1.54, 1.807) is 0 Å². The third-order valence-corrected chi connectivity index (χ3v) is 1.65. The molecule has 2 nitrogen and oxygen atoms in total. The molecule has 0 aliphatic heterocycles. The zero-order chi connectivity index (χ0) is 10.9. The first-order valence-corrected chi connectivity index (χ1v) is 3.60. The molecular weight excluding hydrogens is 204 g/mol. The molecule has 0 heterocycles. The zero-order valence-corrected chi connectivity index (χ0v) is 6.77. The molecule has 0 fully saturated rings. The highest BCUT2D eigenvalue weighted by atomic mass is 19.2. The van der Waals surface area contributed by atoms with Gasteiger partial charge in [0.25, 0.3) is 0 Å². The van der Waals surface area contributed by atoms with Gasteiger partial charge in [-0.1, -0.05) is 0 Å². The lowest BCUT2D eigenvalue weighted by Gasteiger charge is -2.10. The highest BCUT2D eigenvalue weighted by Crippen LogP contribution is 2.24. The summed E-state index contributed by atoms with van der Waals surface area (Å²) in [5.41, 5.74) is -1.20. The van der Waals surface area contributed by atoms with E-state index in [1.807, 2.05) is 0 Å². The molecule has 1 aromatic rings. The monoisotopic (exact) mass is 210 g/mol. The molecule has 0 saturated heterocycles. The SMILES string of the molecule is OCC(O)c1c(F)c(F)cc(F)c1F. The van der Waals surface area contributed by atoms with Crippen LogP contribution < -0.4 is 0 Å². The fourth-order valence-electron chi connectivity index (χ4n) is 0.975. The standard InChI is InChI=1S/C8H6F4O2/c9-3-1-4(10)8(12)6(7(3)11)5(14)2-13/h1,5,13-14H,2H2. The molecule has 14 heavy (non-hydrogen) atoms. The van der Waals surface area contributed by atoms with E-state index in [4.69, 9.17) is 10.2 Å². The maximum atomic E-state index is 12.8. The van der Waals surface area contributed by atoms with Crippen LogP contribution in [-0.4, -0.2) is 16.8 Å². The lowest BCUT2D eigenvalue weighted by Crippen LogP contribution is -2.11. The summed E-state index contributed by atoms with van der Waals surface area (Å²) < 4.78 is 50.7. The molecule has 1 atom stereocenters. The predicted octanol–water partition coefficient (Wildman–Crippen LogP) is 1.27. The van der Waals surface area contributed by atoms with E-state index in [1.165, 1.54) is 0 Å². The summed E-state index contributed by atoms with van der Waals surface area (Å²) in [6.45, 7) is -1.03. The topological polar surface area (TPSA) is 40.5 Å². The second kappa shape index (κ2) is 3.93. The molecule has 0 spiro atoms. The van der Waals surface area contributed by atoms with Gasteiger partial charge in [0.2, 0.25) is 0 Å². The normalized spacial score (nSPS) is 13.0. The molecule has 0 bridgehead atoms. The van der Waals surface area contributed by atoms with Gasteiger partial charge in [-0.15, -0.1) is 0 Å². The summed E-state index contributed by atoms with van der Waals surface area (Å²) >= 11 is 0. The number of aliphatic hydroxyl groups is 2. The summed E-state index contributed by atoms with van der Waals surface area (Å²) in [6, 6.07) is 0.0261. The lowest BCUT2D eigenvalue weighted by atomic mass is 10.1. The predicted molar refractivity (Wildman–Crippen MR) is 38.3 cm³/mol. The minimum absolute atomic E-state index is 0.0261. The Labute approximate surface area is 76.4 Å². The second-order valence-corrected chi connectivity index (χ2v) is 2.58. The average Bonchev–Trinajstić information content (AvgIpc) is 2.15. The maximum absolute atomic E-state index is 12.8. The van der Waals surface area contributed by atoms with Gasteiger partial charge in [-0.3, -0.25) is 0 Å². The molecular formula is C8H6F4O2. The van der Waals surface area contributed by atoms with Crippen LogP contribution in [0.2, 0.25) is 0 Å². The van der Waals surface area contributed by atoms with Crippen molar-refractivity contribution in [1.29, 1.82) is 0 Å². The van der Waals surface area contributed by atoms with Crippen molar-refractivity contribution in [2.45, 2.75) is 6.10 Å². The Bertz CT molecular complexity index is 327. The van der Waals surface area contributed by atoms with Crippen molar-refractivity contribution in [2.24, 2.45) is 0 Å². The van der Waals surface area contributed by atoms with Gasteiger partial charge in [0.1, 0.15) is 6.10 Å². The third-order valence-electron chi connectivity index (χ3n) is 1.65. The van der Waals surface area contributed by atoms with Gasteiger partial charge in [0, 0.05) is 6.07 Å². The molecule has 2 N–H and O–H groups in total. The van der Waals surface area contributed by atoms with Gasteiger partial charge in [-0.25, -0.2) is 17.6 Å². The molecule has 1 rings (SSSR count). The van der Waals surface area contributed by atoms with Gasteiger partial charge >= 0.3 is 0 Å². The van der Waals surface area contributed by atoms with Gasteiger partial charge in [-0.2, -0.15) is 0 Å². The van der Waals surface area contributed by atoms with Crippen molar-refractivity contribution >= 4 is 0 Å². The van der Waals surface area contributed by atoms with Crippen LogP contribution in [0.3, 0.4) is 0 Å². The summed E-state index contributed by atoms with van der Waals surface area (Å²) in [5, 5.41) is 17.3. The van der Waals surface area contributed by atoms with E-state index in [2.05, 4.69) is 0 Å². The quantitative estimate of drug-likeness (QED) is 0.570. The number of halogens is 4. The number of rotatable bonds is 2. The van der Waals surface area contributed by atoms with Crippen molar-refractivity contribution in [3.63, 3.8) is 0 Å². The van der Waals surface area contributed by atoms with Crippen LogP contribution in [0.25, 0.3) is 0 Å². The van der Waals surface area contributed by atoms with Gasteiger partial charge in [0.05, 0.1) is 12.2 Å². The molecule has 0 saturated carbocycles. The fraction of sp³-hybridized carbons (Fsp3) is 0.250. The molecule has 0 aliphatic rings. The van der Waals surface area contributed by atoms with Gasteiger partial charge in [-0.05, 0) is 0 Å². The molecule has 1 unspecified atom stereocenters. The molecule has 0 aliphatic carbocycles. The number of aliphatic hydroxyl groups excluding tert-OH is 2. The van der Waals surface area contributed by atoms with Crippen LogP contribution in [0.1, 0.15) is 11.7 Å². The van der Waals surface area contributed by atoms with Gasteiger partial charge in [0.15, 0.2) is 23.3 Å². The Morgan fingerprint density at radius 1 is 1.07 bits per heavy atom. The Morgan fingerprint density at radius 3 is 1.86 bits per heavy atom. The average molecular weight is 210 g/mol. The van der Waals surface area contributed by atoms with E-state index in [0.29, 0.717) is 0 Å². The van der Waals surface area contributed by atoms with Crippen LogP contribution in [0.15, 0.2) is 6.07 Å². The first kappa shape index (κ1) is 10.9. The van der Waals surface area contributed by atoms with Crippen molar-refractivity contribution in [3.8, 4) is 0 Å². The summed E-state index contributed by atoms with van der Waals surface area (Å²) in [5.74, 6) is -6.64. The van der Waals surface area contributed by atoms with E-state index in [-0.39, 0.29) is 6.07 Å². The Morgan fingerprint density at radius 2 is 1.50 bits per heavy atom. The minimum atomic E-state index is -1.99. The lowest BCUT2D eigenvalue weighted by molar-refractivity contribution is 0.0879. The fourth-order valence-corrected chi connectivity index (χ4v) is 0.975. The summed E-state index contributed by atoms with van der Waals surface area (Å²) in [7, 11) is 0. The first-order valence-electron chi connectivity index (χ1n) is 3.60. The molecule has 6 heteroatoms. The maximum Gasteiger partial charge on any atom is 0.167 e. The van der Waals surface area contributed by atoms with Crippen molar-refractivity contribution in [3.05, 3.63) is 34.9 Å². The van der Waals surface area contributed by atoms with Crippen LogP contribution in [0.4, 0.5) is 17.6 Å².